The van der Waals surface area contributed by atoms with E-state index in [1.807, 2.05) is 0 Å². The average molecular weight is 176 g/mol. The van der Waals surface area contributed by atoms with Gasteiger partial charge < -0.3 is 5.32 Å². The van der Waals surface area contributed by atoms with E-state index in [9.17, 15) is 0 Å². The van der Waals surface area contributed by atoms with Crippen LogP contribution in [0.15, 0.2) is 12.2 Å². The number of hydrogen-bond acceptors (Lipinski definition) is 1. The van der Waals surface area contributed by atoms with Crippen LogP contribution in [0.4, 0.5) is 0 Å². The van der Waals surface area contributed by atoms with E-state index in [-0.39, 0.29) is 12.4 Å². The molecule has 0 amide bonds. The molecule has 0 aliphatic carbocycles. The van der Waals surface area contributed by atoms with Gasteiger partial charge in [-0.25, -0.2) is 0 Å². The van der Waals surface area contributed by atoms with Gasteiger partial charge in [-0.3, -0.25) is 0 Å². The molecular formula is C9H18ClN. The lowest BCUT2D eigenvalue weighted by Gasteiger charge is -2.19. The monoisotopic (exact) mass is 175 g/mol. The summed E-state index contributed by atoms with van der Waals surface area (Å²) in [6.07, 6.45) is 8.53. The van der Waals surface area contributed by atoms with Gasteiger partial charge in [-0.05, 0) is 31.7 Å². The fraction of sp³-hybridized carbons (Fsp3) is 0.778. The number of halogens is 1. The minimum Gasteiger partial charge on any atom is -0.316 e. The minimum absolute atomic E-state index is 0. The van der Waals surface area contributed by atoms with Crippen LogP contribution in [0.1, 0.15) is 26.2 Å². The minimum atomic E-state index is 0. The second kappa shape index (κ2) is 6.68. The van der Waals surface area contributed by atoms with E-state index in [4.69, 9.17) is 0 Å². The Labute approximate surface area is 75.7 Å². The Morgan fingerprint density at radius 3 is 2.91 bits per heavy atom. The first-order valence-electron chi connectivity index (χ1n) is 4.31. The summed E-state index contributed by atoms with van der Waals surface area (Å²) in [6, 6.07) is 0. The highest BCUT2D eigenvalue weighted by atomic mass is 35.5. The molecule has 2 heteroatoms. The van der Waals surface area contributed by atoms with Crippen molar-refractivity contribution in [1.82, 2.24) is 5.32 Å². The van der Waals surface area contributed by atoms with Crippen molar-refractivity contribution in [2.75, 3.05) is 13.1 Å². The Hall–Kier alpha value is -0.0100. The molecule has 1 aliphatic heterocycles. The molecule has 1 atom stereocenters. The Balaban J connectivity index is 0.000001000. The maximum atomic E-state index is 3.39. The lowest BCUT2D eigenvalue weighted by Crippen LogP contribution is -2.28. The first kappa shape index (κ1) is 11.0. The van der Waals surface area contributed by atoms with Crippen molar-refractivity contribution in [2.24, 2.45) is 5.92 Å². The van der Waals surface area contributed by atoms with Crippen LogP contribution in [-0.4, -0.2) is 13.1 Å². The predicted molar refractivity (Wildman–Crippen MR) is 52.3 cm³/mol. The molecule has 0 bridgehead atoms. The number of rotatable bonds is 2. The third kappa shape index (κ3) is 4.44. The molecule has 1 N–H and O–H groups in total. The van der Waals surface area contributed by atoms with Crippen molar-refractivity contribution in [1.29, 1.82) is 0 Å². The number of hydrogen-bond donors (Lipinski definition) is 1. The van der Waals surface area contributed by atoms with Crippen LogP contribution in [0.25, 0.3) is 0 Å². The van der Waals surface area contributed by atoms with Gasteiger partial charge in [0.25, 0.3) is 0 Å². The van der Waals surface area contributed by atoms with Crippen LogP contribution < -0.4 is 5.32 Å². The summed E-state index contributed by atoms with van der Waals surface area (Å²) >= 11 is 0. The van der Waals surface area contributed by atoms with Crippen molar-refractivity contribution in [3.63, 3.8) is 0 Å². The molecule has 1 heterocycles. The predicted octanol–water partition coefficient (Wildman–Crippen LogP) is 2.37. The highest BCUT2D eigenvalue weighted by molar-refractivity contribution is 5.85. The van der Waals surface area contributed by atoms with Crippen LogP contribution in [-0.2, 0) is 0 Å². The molecule has 0 spiro atoms. The van der Waals surface area contributed by atoms with E-state index in [1.165, 1.54) is 32.4 Å². The lowest BCUT2D eigenvalue weighted by atomic mass is 9.99. The summed E-state index contributed by atoms with van der Waals surface area (Å²) in [5, 5.41) is 3.39. The van der Waals surface area contributed by atoms with Crippen LogP contribution in [0.2, 0.25) is 0 Å². The Bertz CT molecular complexity index is 106. The molecule has 0 aromatic rings. The van der Waals surface area contributed by atoms with Gasteiger partial charge in [0.1, 0.15) is 0 Å². The zero-order chi connectivity index (χ0) is 7.23. The first-order chi connectivity index (χ1) is 4.93. The molecular weight excluding hydrogens is 158 g/mol. The molecule has 66 valence electrons. The smallest absolute Gasteiger partial charge is 0.00142 e. The van der Waals surface area contributed by atoms with Crippen molar-refractivity contribution in [3.8, 4) is 0 Å². The lowest BCUT2D eigenvalue weighted by molar-refractivity contribution is 0.438. The van der Waals surface area contributed by atoms with Crippen molar-refractivity contribution in [2.45, 2.75) is 26.2 Å². The van der Waals surface area contributed by atoms with E-state index in [0.717, 1.165) is 5.92 Å². The van der Waals surface area contributed by atoms with Crippen molar-refractivity contribution >= 4 is 12.4 Å². The maximum Gasteiger partial charge on any atom is 0.00142 e. The molecule has 1 unspecified atom stereocenters. The number of piperidine rings is 1. The second-order valence-corrected chi connectivity index (χ2v) is 2.94. The first-order valence-corrected chi connectivity index (χ1v) is 4.31. The zero-order valence-corrected chi connectivity index (χ0v) is 7.99. The normalized spacial score (nSPS) is 25.0. The largest absolute Gasteiger partial charge is 0.316 e. The van der Waals surface area contributed by atoms with Crippen LogP contribution in [0.3, 0.4) is 0 Å². The van der Waals surface area contributed by atoms with E-state index >= 15 is 0 Å². The van der Waals surface area contributed by atoms with E-state index in [2.05, 4.69) is 24.4 Å². The molecule has 1 rings (SSSR count). The zero-order valence-electron chi connectivity index (χ0n) is 7.18. The van der Waals surface area contributed by atoms with Crippen LogP contribution >= 0.6 is 12.4 Å². The summed E-state index contributed by atoms with van der Waals surface area (Å²) in [4.78, 5) is 0. The molecule has 11 heavy (non-hydrogen) atoms. The van der Waals surface area contributed by atoms with Gasteiger partial charge in [0.15, 0.2) is 0 Å². The number of allylic oxidation sites excluding steroid dienone is 1. The highest BCUT2D eigenvalue weighted by Gasteiger charge is 2.07. The SMILES string of the molecule is CC/C=C\C1CCCNC1.Cl. The number of nitrogens with one attached hydrogen (secondary N) is 1. The van der Waals surface area contributed by atoms with Gasteiger partial charge >= 0.3 is 0 Å². The van der Waals surface area contributed by atoms with E-state index in [1.54, 1.807) is 0 Å². The van der Waals surface area contributed by atoms with Gasteiger partial charge in [-0.1, -0.05) is 19.1 Å². The summed E-state index contributed by atoms with van der Waals surface area (Å²) in [6.45, 7) is 4.60. The van der Waals surface area contributed by atoms with Crippen LogP contribution in [0.5, 0.6) is 0 Å². The van der Waals surface area contributed by atoms with E-state index in [0.29, 0.717) is 0 Å². The Morgan fingerprint density at radius 2 is 2.36 bits per heavy atom. The van der Waals surface area contributed by atoms with Gasteiger partial charge in [-0.2, -0.15) is 0 Å². The van der Waals surface area contributed by atoms with Gasteiger partial charge in [0.2, 0.25) is 0 Å². The van der Waals surface area contributed by atoms with Crippen molar-refractivity contribution in [3.05, 3.63) is 12.2 Å². The maximum absolute atomic E-state index is 3.39. The fourth-order valence-electron chi connectivity index (χ4n) is 1.37. The standard InChI is InChI=1S/C9H17N.ClH/c1-2-3-5-9-6-4-7-10-8-9;/h3,5,9-10H,2,4,6-8H2,1H3;1H/b5-3-;. The average Bonchev–Trinajstić information content (AvgIpc) is 2.03. The molecule has 1 saturated heterocycles. The molecule has 1 aliphatic rings. The summed E-state index contributed by atoms with van der Waals surface area (Å²) < 4.78 is 0. The summed E-state index contributed by atoms with van der Waals surface area (Å²) in [7, 11) is 0. The summed E-state index contributed by atoms with van der Waals surface area (Å²) in [5.41, 5.74) is 0. The van der Waals surface area contributed by atoms with Gasteiger partial charge in [0, 0.05) is 6.54 Å². The summed E-state index contributed by atoms with van der Waals surface area (Å²) in [5.74, 6) is 0.814. The highest BCUT2D eigenvalue weighted by Crippen LogP contribution is 2.10. The van der Waals surface area contributed by atoms with Crippen LogP contribution in [0, 0.1) is 5.92 Å². The quantitative estimate of drug-likeness (QED) is 0.636. The van der Waals surface area contributed by atoms with Crippen molar-refractivity contribution < 1.29 is 0 Å². The second-order valence-electron chi connectivity index (χ2n) is 2.94. The van der Waals surface area contributed by atoms with Gasteiger partial charge in [-0.15, -0.1) is 12.4 Å². The molecule has 0 aromatic carbocycles. The Kier molecular flexibility index (Phi) is 6.68. The van der Waals surface area contributed by atoms with Gasteiger partial charge in [0.05, 0.1) is 0 Å². The molecule has 0 saturated carbocycles. The fourth-order valence-corrected chi connectivity index (χ4v) is 1.37. The third-order valence-electron chi connectivity index (χ3n) is 1.98. The molecule has 1 fully saturated rings. The molecule has 1 nitrogen and oxygen atoms in total. The Morgan fingerprint density at radius 1 is 1.55 bits per heavy atom. The molecule has 0 aromatic heterocycles. The molecule has 0 radical (unpaired) electrons. The topological polar surface area (TPSA) is 12.0 Å². The van der Waals surface area contributed by atoms with E-state index < -0.39 is 0 Å². The third-order valence-corrected chi connectivity index (χ3v) is 1.98.